The second kappa shape index (κ2) is 5.74. The van der Waals surface area contributed by atoms with Gasteiger partial charge in [0.1, 0.15) is 0 Å². The van der Waals surface area contributed by atoms with Gasteiger partial charge in [0, 0.05) is 10.7 Å². The summed E-state index contributed by atoms with van der Waals surface area (Å²) in [6.45, 7) is 6.23. The average molecular weight is 240 g/mol. The Kier molecular flexibility index (Phi) is 4.05. The SMILES string of the molecule is C=C(SCc1ccccc1)c1ccc(C)cc1. The van der Waals surface area contributed by atoms with Crippen molar-refractivity contribution in [1.82, 2.24) is 0 Å². The highest BCUT2D eigenvalue weighted by atomic mass is 32.2. The van der Waals surface area contributed by atoms with Crippen LogP contribution in [0.4, 0.5) is 0 Å². The van der Waals surface area contributed by atoms with Gasteiger partial charge in [-0.2, -0.15) is 0 Å². The first-order valence-electron chi connectivity index (χ1n) is 5.68. The fraction of sp³-hybridized carbons (Fsp3) is 0.125. The fourth-order valence-corrected chi connectivity index (χ4v) is 2.40. The number of benzene rings is 2. The number of thioether (sulfide) groups is 1. The van der Waals surface area contributed by atoms with E-state index in [1.165, 1.54) is 16.7 Å². The van der Waals surface area contributed by atoms with Crippen LogP contribution in [0.5, 0.6) is 0 Å². The molecular weight excluding hydrogens is 224 g/mol. The highest BCUT2D eigenvalue weighted by Gasteiger charge is 2.00. The van der Waals surface area contributed by atoms with Crippen LogP contribution in [0.2, 0.25) is 0 Å². The normalized spacial score (nSPS) is 10.2. The minimum Gasteiger partial charge on any atom is -0.121 e. The lowest BCUT2D eigenvalue weighted by Gasteiger charge is -2.06. The summed E-state index contributed by atoms with van der Waals surface area (Å²) in [5, 5.41) is 0. The first-order valence-corrected chi connectivity index (χ1v) is 6.67. The maximum Gasteiger partial charge on any atom is 0.0231 e. The minimum atomic E-state index is 0.980. The molecule has 0 aromatic heterocycles. The molecule has 0 fully saturated rings. The fourth-order valence-electron chi connectivity index (χ4n) is 1.57. The molecule has 0 saturated heterocycles. The molecule has 0 amide bonds. The van der Waals surface area contributed by atoms with Crippen LogP contribution in [0.15, 0.2) is 61.2 Å². The zero-order valence-corrected chi connectivity index (χ0v) is 10.8. The van der Waals surface area contributed by atoms with E-state index < -0.39 is 0 Å². The van der Waals surface area contributed by atoms with Crippen LogP contribution in [0.3, 0.4) is 0 Å². The summed E-state index contributed by atoms with van der Waals surface area (Å²) in [5.74, 6) is 0.980. The Labute approximate surface area is 107 Å². The number of rotatable bonds is 4. The van der Waals surface area contributed by atoms with E-state index in [1.54, 1.807) is 11.8 Å². The van der Waals surface area contributed by atoms with E-state index in [1.807, 2.05) is 6.07 Å². The zero-order chi connectivity index (χ0) is 12.1. The van der Waals surface area contributed by atoms with Gasteiger partial charge >= 0.3 is 0 Å². The van der Waals surface area contributed by atoms with Crippen LogP contribution in [-0.2, 0) is 5.75 Å². The van der Waals surface area contributed by atoms with Gasteiger partial charge in [-0.05, 0) is 18.1 Å². The molecule has 17 heavy (non-hydrogen) atoms. The largest absolute Gasteiger partial charge is 0.121 e. The van der Waals surface area contributed by atoms with Crippen molar-refractivity contribution in [2.45, 2.75) is 12.7 Å². The van der Waals surface area contributed by atoms with E-state index in [4.69, 9.17) is 0 Å². The molecule has 0 unspecified atom stereocenters. The molecule has 86 valence electrons. The van der Waals surface area contributed by atoms with Crippen molar-refractivity contribution in [3.63, 3.8) is 0 Å². The summed E-state index contributed by atoms with van der Waals surface area (Å²) in [6, 6.07) is 19.0. The van der Waals surface area contributed by atoms with Crippen LogP contribution in [0.25, 0.3) is 4.91 Å². The van der Waals surface area contributed by atoms with Crippen molar-refractivity contribution < 1.29 is 0 Å². The second-order valence-corrected chi connectivity index (χ2v) is 5.13. The maximum absolute atomic E-state index is 4.13. The Balaban J connectivity index is 1.96. The Morgan fingerprint density at radius 2 is 1.65 bits per heavy atom. The van der Waals surface area contributed by atoms with Gasteiger partial charge in [-0.3, -0.25) is 0 Å². The van der Waals surface area contributed by atoms with Crippen molar-refractivity contribution in [3.8, 4) is 0 Å². The summed E-state index contributed by atoms with van der Waals surface area (Å²) in [4.78, 5) is 1.13. The third kappa shape index (κ3) is 3.50. The van der Waals surface area contributed by atoms with E-state index in [0.29, 0.717) is 0 Å². The average Bonchev–Trinajstić information content (AvgIpc) is 2.38. The first-order chi connectivity index (χ1) is 8.25. The third-order valence-corrected chi connectivity index (χ3v) is 3.69. The summed E-state index contributed by atoms with van der Waals surface area (Å²) in [5.41, 5.74) is 3.84. The maximum atomic E-state index is 4.13. The molecule has 0 spiro atoms. The van der Waals surface area contributed by atoms with Crippen molar-refractivity contribution in [3.05, 3.63) is 77.9 Å². The van der Waals surface area contributed by atoms with Crippen molar-refractivity contribution >= 4 is 16.7 Å². The molecule has 0 radical (unpaired) electrons. The van der Waals surface area contributed by atoms with Gasteiger partial charge in [-0.15, -0.1) is 11.8 Å². The Bertz CT molecular complexity index is 483. The third-order valence-electron chi connectivity index (χ3n) is 2.63. The van der Waals surface area contributed by atoms with Gasteiger partial charge in [-0.25, -0.2) is 0 Å². The number of hydrogen-bond acceptors (Lipinski definition) is 1. The smallest absolute Gasteiger partial charge is 0.0231 e. The van der Waals surface area contributed by atoms with Crippen molar-refractivity contribution in [2.24, 2.45) is 0 Å². The first kappa shape index (κ1) is 12.0. The molecule has 2 aromatic carbocycles. The van der Waals surface area contributed by atoms with Crippen molar-refractivity contribution in [2.75, 3.05) is 0 Å². The lowest BCUT2D eigenvalue weighted by molar-refractivity contribution is 1.42. The van der Waals surface area contributed by atoms with Gasteiger partial charge in [0.15, 0.2) is 0 Å². The summed E-state index contributed by atoms with van der Waals surface area (Å²) in [6.07, 6.45) is 0. The van der Waals surface area contributed by atoms with E-state index in [-0.39, 0.29) is 0 Å². The number of aryl methyl sites for hydroxylation is 1. The Morgan fingerprint density at radius 3 is 2.29 bits per heavy atom. The van der Waals surface area contributed by atoms with E-state index in [9.17, 15) is 0 Å². The topological polar surface area (TPSA) is 0 Å². The number of hydrogen-bond donors (Lipinski definition) is 0. The predicted molar refractivity (Wildman–Crippen MR) is 78.0 cm³/mol. The molecule has 1 heteroatoms. The predicted octanol–water partition coefficient (Wildman–Crippen LogP) is 4.90. The van der Waals surface area contributed by atoms with E-state index >= 15 is 0 Å². The van der Waals surface area contributed by atoms with Gasteiger partial charge in [0.05, 0.1) is 0 Å². The lowest BCUT2D eigenvalue weighted by atomic mass is 10.1. The van der Waals surface area contributed by atoms with Crippen LogP contribution < -0.4 is 0 Å². The molecule has 0 heterocycles. The molecule has 0 aliphatic rings. The molecule has 2 rings (SSSR count). The molecule has 0 atom stereocenters. The zero-order valence-electron chi connectivity index (χ0n) is 10.0. The highest BCUT2D eigenvalue weighted by molar-refractivity contribution is 8.07. The van der Waals surface area contributed by atoms with E-state index in [2.05, 4.69) is 62.0 Å². The van der Waals surface area contributed by atoms with Crippen LogP contribution >= 0.6 is 11.8 Å². The van der Waals surface area contributed by atoms with Crippen LogP contribution in [0, 0.1) is 6.92 Å². The molecule has 0 bridgehead atoms. The summed E-state index contributed by atoms with van der Waals surface area (Å²) >= 11 is 1.79. The molecular formula is C16H16S. The standard InChI is InChI=1S/C16H16S/c1-13-8-10-16(11-9-13)14(2)17-12-15-6-4-3-5-7-15/h3-11H,2,12H2,1H3. The highest BCUT2D eigenvalue weighted by Crippen LogP contribution is 2.28. The van der Waals surface area contributed by atoms with Gasteiger partial charge in [-0.1, -0.05) is 66.7 Å². The molecule has 0 aliphatic heterocycles. The molecule has 0 aliphatic carbocycles. The Morgan fingerprint density at radius 1 is 1.00 bits per heavy atom. The molecule has 2 aromatic rings. The summed E-state index contributed by atoms with van der Waals surface area (Å²) < 4.78 is 0. The van der Waals surface area contributed by atoms with Crippen LogP contribution in [0.1, 0.15) is 16.7 Å². The quantitative estimate of drug-likeness (QED) is 0.732. The molecule has 0 N–H and O–H groups in total. The van der Waals surface area contributed by atoms with Gasteiger partial charge in [0.2, 0.25) is 0 Å². The Hall–Kier alpha value is -1.47. The second-order valence-electron chi connectivity index (χ2n) is 4.06. The monoisotopic (exact) mass is 240 g/mol. The van der Waals surface area contributed by atoms with Gasteiger partial charge in [0.25, 0.3) is 0 Å². The molecule has 0 saturated carbocycles. The minimum absolute atomic E-state index is 0.980. The summed E-state index contributed by atoms with van der Waals surface area (Å²) in [7, 11) is 0. The van der Waals surface area contributed by atoms with Gasteiger partial charge < -0.3 is 0 Å². The molecule has 0 nitrogen and oxygen atoms in total. The lowest BCUT2D eigenvalue weighted by Crippen LogP contribution is -1.82. The van der Waals surface area contributed by atoms with Crippen LogP contribution in [-0.4, -0.2) is 0 Å². The van der Waals surface area contributed by atoms with E-state index in [0.717, 1.165) is 10.7 Å². The van der Waals surface area contributed by atoms with Crippen molar-refractivity contribution in [1.29, 1.82) is 0 Å².